The number of aryl methyl sites for hydroxylation is 1. The molecular formula is C13H18N2S. The molecule has 2 bridgehead atoms. The summed E-state index contributed by atoms with van der Waals surface area (Å²) in [6, 6.07) is 0.855. The third kappa shape index (κ3) is 1.31. The first-order valence-electron chi connectivity index (χ1n) is 6.47. The first kappa shape index (κ1) is 9.60. The van der Waals surface area contributed by atoms with Crippen molar-refractivity contribution >= 4 is 11.3 Å². The Labute approximate surface area is 100 Å². The number of nitrogens with one attached hydrogen (secondary N) is 1. The second kappa shape index (κ2) is 3.30. The van der Waals surface area contributed by atoms with Crippen LogP contribution in [0.25, 0.3) is 0 Å². The number of nitrogens with zero attached hydrogens (tertiary/aromatic N) is 1. The molecule has 4 unspecified atom stereocenters. The maximum Gasteiger partial charge on any atom is 0.0897 e. The van der Waals surface area contributed by atoms with Crippen LogP contribution in [0, 0.1) is 30.6 Å². The molecule has 0 aliphatic heterocycles. The Kier molecular flexibility index (Phi) is 1.98. The van der Waals surface area contributed by atoms with Gasteiger partial charge in [-0.2, -0.15) is 0 Å². The Morgan fingerprint density at radius 2 is 2.12 bits per heavy atom. The number of aromatic nitrogens is 1. The van der Waals surface area contributed by atoms with E-state index < -0.39 is 0 Å². The van der Waals surface area contributed by atoms with Crippen molar-refractivity contribution in [3.63, 3.8) is 0 Å². The maximum absolute atomic E-state index is 4.31. The predicted molar refractivity (Wildman–Crippen MR) is 65.3 cm³/mol. The van der Waals surface area contributed by atoms with Gasteiger partial charge in [-0.15, -0.1) is 11.3 Å². The molecule has 0 amide bonds. The van der Waals surface area contributed by atoms with Crippen molar-refractivity contribution in [3.05, 3.63) is 16.1 Å². The molecule has 1 aromatic heterocycles. The minimum absolute atomic E-state index is 0.855. The van der Waals surface area contributed by atoms with E-state index >= 15 is 0 Å². The van der Waals surface area contributed by atoms with Crippen molar-refractivity contribution in [1.29, 1.82) is 0 Å². The fraction of sp³-hybridized carbons (Fsp3) is 0.769. The molecule has 0 saturated heterocycles. The van der Waals surface area contributed by atoms with Crippen molar-refractivity contribution in [2.24, 2.45) is 23.7 Å². The Balaban J connectivity index is 1.37. The normalized spacial score (nSPS) is 43.7. The molecule has 86 valence electrons. The molecule has 3 aliphatic rings. The molecule has 16 heavy (non-hydrogen) atoms. The van der Waals surface area contributed by atoms with Gasteiger partial charge in [0.15, 0.2) is 0 Å². The molecule has 3 saturated carbocycles. The first-order valence-corrected chi connectivity index (χ1v) is 7.29. The summed E-state index contributed by atoms with van der Waals surface area (Å²) in [6.45, 7) is 3.13. The molecule has 3 aliphatic carbocycles. The van der Waals surface area contributed by atoms with E-state index in [4.69, 9.17) is 0 Å². The van der Waals surface area contributed by atoms with E-state index in [1.165, 1.54) is 22.7 Å². The maximum atomic E-state index is 4.31. The molecule has 3 heteroatoms. The van der Waals surface area contributed by atoms with Crippen LogP contribution in [0.1, 0.15) is 29.1 Å². The lowest BCUT2D eigenvalue weighted by molar-refractivity contribution is 0.456. The zero-order valence-electron chi connectivity index (χ0n) is 9.65. The van der Waals surface area contributed by atoms with E-state index in [0.29, 0.717) is 0 Å². The second-order valence-electron chi connectivity index (χ2n) is 5.74. The van der Waals surface area contributed by atoms with E-state index in [2.05, 4.69) is 17.2 Å². The van der Waals surface area contributed by atoms with Gasteiger partial charge in [-0.3, -0.25) is 0 Å². The first-order chi connectivity index (χ1) is 7.83. The molecule has 4 atom stereocenters. The molecular weight excluding hydrogens is 216 g/mol. The number of hydrogen-bond acceptors (Lipinski definition) is 3. The van der Waals surface area contributed by atoms with Crippen LogP contribution in [0.3, 0.4) is 0 Å². The SMILES string of the molecule is Cc1ncc(CNC2C3C4CCC(C4)C23)s1. The Hall–Kier alpha value is -0.410. The molecule has 1 N–H and O–H groups in total. The van der Waals surface area contributed by atoms with Gasteiger partial charge in [0.05, 0.1) is 5.01 Å². The Bertz CT molecular complexity index is 398. The quantitative estimate of drug-likeness (QED) is 0.869. The van der Waals surface area contributed by atoms with Crippen molar-refractivity contribution in [2.45, 2.75) is 38.8 Å². The topological polar surface area (TPSA) is 24.9 Å². The molecule has 0 aromatic carbocycles. The van der Waals surface area contributed by atoms with Gasteiger partial charge in [-0.05, 0) is 49.9 Å². The molecule has 4 rings (SSSR count). The molecule has 2 nitrogen and oxygen atoms in total. The van der Waals surface area contributed by atoms with Crippen LogP contribution in [0.15, 0.2) is 6.20 Å². The number of hydrogen-bond donors (Lipinski definition) is 1. The van der Waals surface area contributed by atoms with E-state index in [9.17, 15) is 0 Å². The second-order valence-corrected chi connectivity index (χ2v) is 7.06. The zero-order chi connectivity index (χ0) is 10.7. The van der Waals surface area contributed by atoms with Crippen LogP contribution in [0.5, 0.6) is 0 Å². The smallest absolute Gasteiger partial charge is 0.0897 e. The van der Waals surface area contributed by atoms with E-state index in [-0.39, 0.29) is 0 Å². The summed E-state index contributed by atoms with van der Waals surface area (Å²) in [5.74, 6) is 4.26. The van der Waals surface area contributed by atoms with Crippen LogP contribution < -0.4 is 5.32 Å². The lowest BCUT2D eigenvalue weighted by atomic mass is 10.0. The van der Waals surface area contributed by atoms with Crippen molar-refractivity contribution in [2.75, 3.05) is 0 Å². The third-order valence-corrected chi connectivity index (χ3v) is 5.83. The number of rotatable bonds is 3. The van der Waals surface area contributed by atoms with E-state index in [1.807, 2.05) is 17.5 Å². The highest BCUT2D eigenvalue weighted by molar-refractivity contribution is 7.11. The van der Waals surface area contributed by atoms with Gasteiger partial charge < -0.3 is 5.32 Å². The average Bonchev–Trinajstić information content (AvgIpc) is 2.70. The van der Waals surface area contributed by atoms with Gasteiger partial charge >= 0.3 is 0 Å². The van der Waals surface area contributed by atoms with Crippen molar-refractivity contribution in [3.8, 4) is 0 Å². The van der Waals surface area contributed by atoms with Gasteiger partial charge in [-0.25, -0.2) is 4.98 Å². The predicted octanol–water partition coefficient (Wildman–Crippen LogP) is 2.59. The highest BCUT2D eigenvalue weighted by atomic mass is 32.1. The monoisotopic (exact) mass is 234 g/mol. The Morgan fingerprint density at radius 1 is 1.38 bits per heavy atom. The lowest BCUT2D eigenvalue weighted by Gasteiger charge is -2.09. The van der Waals surface area contributed by atoms with Crippen molar-refractivity contribution in [1.82, 2.24) is 10.3 Å². The van der Waals surface area contributed by atoms with Crippen LogP contribution in [-0.4, -0.2) is 11.0 Å². The summed E-state index contributed by atoms with van der Waals surface area (Å²) in [4.78, 5) is 5.71. The van der Waals surface area contributed by atoms with Gasteiger partial charge in [0.2, 0.25) is 0 Å². The summed E-state index contributed by atoms with van der Waals surface area (Å²) >= 11 is 1.83. The van der Waals surface area contributed by atoms with Crippen LogP contribution in [0.2, 0.25) is 0 Å². The summed E-state index contributed by atoms with van der Waals surface area (Å²) in [7, 11) is 0. The fourth-order valence-electron chi connectivity index (χ4n) is 4.30. The summed E-state index contributed by atoms with van der Waals surface area (Å²) in [6.07, 6.45) is 6.61. The Morgan fingerprint density at radius 3 is 2.75 bits per heavy atom. The van der Waals surface area contributed by atoms with Gasteiger partial charge in [-0.1, -0.05) is 0 Å². The minimum atomic E-state index is 0.855. The lowest BCUT2D eigenvalue weighted by Crippen LogP contribution is -2.21. The zero-order valence-corrected chi connectivity index (χ0v) is 10.5. The highest BCUT2D eigenvalue weighted by Crippen LogP contribution is 2.65. The van der Waals surface area contributed by atoms with Crippen molar-refractivity contribution < 1.29 is 0 Å². The molecule has 0 radical (unpaired) electrons. The number of fused-ring (bicyclic) bond motifs is 5. The number of thiazole rings is 1. The summed E-state index contributed by atoms with van der Waals surface area (Å²) < 4.78 is 0. The van der Waals surface area contributed by atoms with E-state index in [0.717, 1.165) is 36.3 Å². The van der Waals surface area contributed by atoms with Crippen LogP contribution in [0.4, 0.5) is 0 Å². The highest BCUT2D eigenvalue weighted by Gasteiger charge is 2.64. The molecule has 1 heterocycles. The van der Waals surface area contributed by atoms with Gasteiger partial charge in [0.25, 0.3) is 0 Å². The van der Waals surface area contributed by atoms with Crippen LogP contribution >= 0.6 is 11.3 Å². The van der Waals surface area contributed by atoms with Gasteiger partial charge in [0, 0.05) is 23.7 Å². The average molecular weight is 234 g/mol. The summed E-state index contributed by atoms with van der Waals surface area (Å²) in [5, 5.41) is 4.95. The standard InChI is InChI=1S/C13H18N2S/c1-7-14-5-10(16-7)6-15-13-11-8-2-3-9(4-8)12(11)13/h5,8-9,11-13,15H,2-4,6H2,1H3. The fourth-order valence-corrected chi connectivity index (χ4v) is 5.05. The molecule has 3 fully saturated rings. The summed E-state index contributed by atoms with van der Waals surface area (Å²) in [5.41, 5.74) is 0. The minimum Gasteiger partial charge on any atom is -0.308 e. The molecule has 1 aromatic rings. The largest absolute Gasteiger partial charge is 0.308 e. The van der Waals surface area contributed by atoms with Gasteiger partial charge in [0.1, 0.15) is 0 Å². The third-order valence-electron chi connectivity index (χ3n) is 4.92. The molecule has 0 spiro atoms. The van der Waals surface area contributed by atoms with Crippen LogP contribution in [-0.2, 0) is 6.54 Å². The van der Waals surface area contributed by atoms with E-state index in [1.54, 1.807) is 6.42 Å².